The maximum atomic E-state index is 9.22. The Balaban J connectivity index is 2.23. The third kappa shape index (κ3) is 2.46. The van der Waals surface area contributed by atoms with Crippen LogP contribution in [0.15, 0.2) is 41.5 Å². The molecule has 2 aromatic rings. The summed E-state index contributed by atoms with van der Waals surface area (Å²) in [7, 11) is 0. The molecular formula is C16H17NO. The summed E-state index contributed by atoms with van der Waals surface area (Å²) in [5.41, 5.74) is 2.74. The molecule has 2 nitrogen and oxygen atoms in total. The van der Waals surface area contributed by atoms with Crippen molar-refractivity contribution in [2.45, 2.75) is 26.2 Å². The van der Waals surface area contributed by atoms with E-state index in [9.17, 15) is 5.26 Å². The van der Waals surface area contributed by atoms with Crippen LogP contribution in [0.2, 0.25) is 0 Å². The van der Waals surface area contributed by atoms with Gasteiger partial charge in [-0.15, -0.1) is 0 Å². The van der Waals surface area contributed by atoms with Gasteiger partial charge >= 0.3 is 0 Å². The van der Waals surface area contributed by atoms with E-state index in [1.807, 2.05) is 24.3 Å². The van der Waals surface area contributed by atoms with Gasteiger partial charge in [0.05, 0.1) is 18.3 Å². The van der Waals surface area contributed by atoms with Gasteiger partial charge in [0.2, 0.25) is 0 Å². The van der Waals surface area contributed by atoms with E-state index in [-0.39, 0.29) is 5.92 Å². The molecule has 2 rings (SSSR count). The Morgan fingerprint density at radius 3 is 3.00 bits per heavy atom. The molecule has 0 amide bonds. The number of furan rings is 1. The van der Waals surface area contributed by atoms with Gasteiger partial charge in [-0.05, 0) is 29.7 Å². The Labute approximate surface area is 108 Å². The molecule has 0 saturated heterocycles. The summed E-state index contributed by atoms with van der Waals surface area (Å²) in [5.74, 6) is -0.0997. The van der Waals surface area contributed by atoms with E-state index in [1.54, 1.807) is 6.26 Å². The number of hydrogen-bond donors (Lipinski definition) is 0. The molecule has 92 valence electrons. The van der Waals surface area contributed by atoms with Crippen molar-refractivity contribution in [1.29, 1.82) is 5.26 Å². The third-order valence-corrected chi connectivity index (χ3v) is 3.25. The predicted molar refractivity (Wildman–Crippen MR) is 73.9 cm³/mol. The lowest BCUT2D eigenvalue weighted by Gasteiger charge is -2.12. The maximum Gasteiger partial charge on any atom is 0.134 e. The van der Waals surface area contributed by atoms with E-state index >= 15 is 0 Å². The second kappa shape index (κ2) is 5.55. The largest absolute Gasteiger partial charge is 0.464 e. The van der Waals surface area contributed by atoms with Gasteiger partial charge in [-0.3, -0.25) is 0 Å². The quantitative estimate of drug-likeness (QED) is 0.753. The van der Waals surface area contributed by atoms with Gasteiger partial charge in [0, 0.05) is 5.39 Å². The summed E-state index contributed by atoms with van der Waals surface area (Å²) < 4.78 is 5.38. The second-order valence-electron chi connectivity index (χ2n) is 4.52. The normalized spacial score (nSPS) is 12.2. The maximum absolute atomic E-state index is 9.22. The lowest BCUT2D eigenvalue weighted by molar-refractivity contribution is 0.615. The van der Waals surface area contributed by atoms with E-state index in [0.29, 0.717) is 0 Å². The van der Waals surface area contributed by atoms with Crippen LogP contribution in [-0.2, 0) is 0 Å². The Morgan fingerprint density at radius 2 is 2.28 bits per heavy atom. The number of hydrogen-bond acceptors (Lipinski definition) is 2. The van der Waals surface area contributed by atoms with Gasteiger partial charge in [-0.1, -0.05) is 38.5 Å². The fourth-order valence-corrected chi connectivity index (χ4v) is 2.08. The van der Waals surface area contributed by atoms with E-state index in [0.717, 1.165) is 41.4 Å². The second-order valence-corrected chi connectivity index (χ2v) is 4.52. The van der Waals surface area contributed by atoms with Crippen LogP contribution in [-0.4, -0.2) is 0 Å². The number of allylic oxidation sites excluding steroid dienone is 1. The SMILES string of the molecule is C=C(c1ccc2ccoc2c1)C(C#N)CCCC. The van der Waals surface area contributed by atoms with E-state index in [2.05, 4.69) is 19.6 Å². The summed E-state index contributed by atoms with van der Waals surface area (Å²) in [4.78, 5) is 0. The molecule has 1 unspecified atom stereocenters. The zero-order valence-corrected chi connectivity index (χ0v) is 10.6. The molecule has 0 aliphatic carbocycles. The van der Waals surface area contributed by atoms with Crippen LogP contribution in [0.3, 0.4) is 0 Å². The van der Waals surface area contributed by atoms with Crippen molar-refractivity contribution in [3.63, 3.8) is 0 Å². The Kier molecular flexibility index (Phi) is 3.84. The van der Waals surface area contributed by atoms with E-state index < -0.39 is 0 Å². The van der Waals surface area contributed by atoms with Crippen molar-refractivity contribution in [2.75, 3.05) is 0 Å². The van der Waals surface area contributed by atoms with Crippen LogP contribution in [0.1, 0.15) is 31.7 Å². The van der Waals surface area contributed by atoms with Crippen molar-refractivity contribution >= 4 is 16.5 Å². The first-order valence-electron chi connectivity index (χ1n) is 6.32. The molecule has 0 aliphatic rings. The van der Waals surface area contributed by atoms with Crippen molar-refractivity contribution < 1.29 is 4.42 Å². The fourth-order valence-electron chi connectivity index (χ4n) is 2.08. The Morgan fingerprint density at radius 1 is 1.44 bits per heavy atom. The summed E-state index contributed by atoms with van der Waals surface area (Å²) in [6, 6.07) is 10.3. The molecule has 1 heterocycles. The highest BCUT2D eigenvalue weighted by atomic mass is 16.3. The van der Waals surface area contributed by atoms with Gasteiger partial charge in [0.1, 0.15) is 5.58 Å². The minimum Gasteiger partial charge on any atom is -0.464 e. The van der Waals surface area contributed by atoms with Crippen molar-refractivity contribution in [3.8, 4) is 6.07 Å². The van der Waals surface area contributed by atoms with Gasteiger partial charge in [-0.25, -0.2) is 0 Å². The molecule has 0 bridgehead atoms. The minimum absolute atomic E-state index is 0.0997. The van der Waals surface area contributed by atoms with Crippen molar-refractivity contribution in [3.05, 3.63) is 42.7 Å². The Hall–Kier alpha value is -2.01. The average molecular weight is 239 g/mol. The number of benzene rings is 1. The van der Waals surface area contributed by atoms with Crippen LogP contribution in [0.5, 0.6) is 0 Å². The van der Waals surface area contributed by atoms with Gasteiger partial charge < -0.3 is 4.42 Å². The fraction of sp³-hybridized carbons (Fsp3) is 0.312. The van der Waals surface area contributed by atoms with Crippen LogP contribution in [0, 0.1) is 17.2 Å². The van der Waals surface area contributed by atoms with Gasteiger partial charge in [0.15, 0.2) is 0 Å². The van der Waals surface area contributed by atoms with Gasteiger partial charge in [-0.2, -0.15) is 5.26 Å². The van der Waals surface area contributed by atoms with E-state index in [1.165, 1.54) is 0 Å². The molecule has 0 aliphatic heterocycles. The monoisotopic (exact) mass is 239 g/mol. The topological polar surface area (TPSA) is 36.9 Å². The summed E-state index contributed by atoms with van der Waals surface area (Å²) in [5, 5.41) is 10.3. The molecule has 1 aromatic carbocycles. The predicted octanol–water partition coefficient (Wildman–Crippen LogP) is 4.78. The Bertz CT molecular complexity index is 588. The first-order valence-corrected chi connectivity index (χ1v) is 6.32. The smallest absolute Gasteiger partial charge is 0.134 e. The van der Waals surface area contributed by atoms with Crippen LogP contribution >= 0.6 is 0 Å². The molecule has 1 atom stereocenters. The zero-order chi connectivity index (χ0) is 13.0. The molecule has 0 N–H and O–H groups in total. The standard InChI is InChI=1S/C16H17NO/c1-3-4-5-15(11-17)12(2)14-7-6-13-8-9-18-16(13)10-14/h6-10,15H,2-5H2,1H3. The van der Waals surface area contributed by atoms with Crippen LogP contribution < -0.4 is 0 Å². The molecule has 0 radical (unpaired) electrons. The summed E-state index contributed by atoms with van der Waals surface area (Å²) in [6.07, 6.45) is 4.71. The number of nitrogens with zero attached hydrogens (tertiary/aromatic N) is 1. The molecular weight excluding hydrogens is 222 g/mol. The lowest BCUT2D eigenvalue weighted by atomic mass is 9.90. The molecule has 2 heteroatoms. The first-order chi connectivity index (χ1) is 8.76. The summed E-state index contributed by atoms with van der Waals surface area (Å²) >= 11 is 0. The first kappa shape index (κ1) is 12.4. The molecule has 18 heavy (non-hydrogen) atoms. The number of unbranched alkanes of at least 4 members (excludes halogenated alkanes) is 1. The lowest BCUT2D eigenvalue weighted by Crippen LogP contribution is -2.00. The van der Waals surface area contributed by atoms with Crippen molar-refractivity contribution in [2.24, 2.45) is 5.92 Å². The average Bonchev–Trinajstić information content (AvgIpc) is 2.86. The van der Waals surface area contributed by atoms with E-state index in [4.69, 9.17) is 4.42 Å². The highest BCUT2D eigenvalue weighted by Crippen LogP contribution is 2.28. The van der Waals surface area contributed by atoms with Crippen LogP contribution in [0.25, 0.3) is 16.5 Å². The highest BCUT2D eigenvalue weighted by Gasteiger charge is 2.13. The molecule has 0 fully saturated rings. The van der Waals surface area contributed by atoms with Gasteiger partial charge in [0.25, 0.3) is 0 Å². The van der Waals surface area contributed by atoms with Crippen LogP contribution in [0.4, 0.5) is 0 Å². The number of nitriles is 1. The minimum atomic E-state index is -0.0997. The summed E-state index contributed by atoms with van der Waals surface area (Å²) in [6.45, 7) is 6.21. The molecule has 1 aromatic heterocycles. The molecule has 0 spiro atoms. The molecule has 0 saturated carbocycles. The number of rotatable bonds is 5. The third-order valence-electron chi connectivity index (χ3n) is 3.25. The highest BCUT2D eigenvalue weighted by molar-refractivity contribution is 5.82. The van der Waals surface area contributed by atoms with Crippen molar-refractivity contribution in [1.82, 2.24) is 0 Å². The number of fused-ring (bicyclic) bond motifs is 1. The zero-order valence-electron chi connectivity index (χ0n) is 10.6.